The molecule has 0 amide bonds. The van der Waals surface area contributed by atoms with Gasteiger partial charge in [0.25, 0.3) is 0 Å². The summed E-state index contributed by atoms with van der Waals surface area (Å²) in [5, 5.41) is 1.15. The van der Waals surface area contributed by atoms with Gasteiger partial charge in [0.05, 0.1) is 5.54 Å². The van der Waals surface area contributed by atoms with Crippen LogP contribution in [0.5, 0.6) is 0 Å². The number of hydrogen-bond donors (Lipinski definition) is 3. The van der Waals surface area contributed by atoms with Gasteiger partial charge in [0.15, 0.2) is 0 Å². The summed E-state index contributed by atoms with van der Waals surface area (Å²) in [7, 11) is 0. The summed E-state index contributed by atoms with van der Waals surface area (Å²) < 4.78 is 0. The van der Waals surface area contributed by atoms with Crippen LogP contribution in [0.3, 0.4) is 0 Å². The largest absolute Gasteiger partial charge is 0.324 e. The van der Waals surface area contributed by atoms with Crippen molar-refractivity contribution in [1.82, 2.24) is 5.12 Å². The second-order valence-corrected chi connectivity index (χ2v) is 3.69. The van der Waals surface area contributed by atoms with E-state index >= 15 is 0 Å². The smallest absolute Gasteiger partial charge is 0.0622 e. The summed E-state index contributed by atoms with van der Waals surface area (Å²) in [6.45, 7) is 7.57. The molecule has 0 bridgehead atoms. The van der Waals surface area contributed by atoms with Crippen LogP contribution in [0.1, 0.15) is 27.7 Å². The molecule has 0 unspecified atom stereocenters. The lowest BCUT2D eigenvalue weighted by atomic mass is 9.84. The molecule has 0 atom stereocenters. The second-order valence-electron chi connectivity index (χ2n) is 3.69. The molecule has 0 saturated carbocycles. The number of rotatable bonds is 2. The molecule has 0 spiro atoms. The van der Waals surface area contributed by atoms with E-state index in [1.807, 2.05) is 27.7 Å². The van der Waals surface area contributed by atoms with Crippen molar-refractivity contribution in [1.29, 1.82) is 0 Å². The van der Waals surface area contributed by atoms with Gasteiger partial charge in [-0.3, -0.25) is 11.7 Å². The SMILES string of the molecule is CC(C)(N)C(C)(C)N(N)N. The Hall–Kier alpha value is -0.160. The van der Waals surface area contributed by atoms with Crippen molar-refractivity contribution in [3.8, 4) is 0 Å². The molecule has 10 heavy (non-hydrogen) atoms. The standard InChI is InChI=1S/C6H18N4/c1-5(2,7)6(3,4)10(8)9/h7-9H2,1-4H3. The van der Waals surface area contributed by atoms with Gasteiger partial charge in [0.1, 0.15) is 0 Å². The minimum Gasteiger partial charge on any atom is -0.324 e. The highest BCUT2D eigenvalue weighted by molar-refractivity contribution is 4.95. The molecule has 4 nitrogen and oxygen atoms in total. The predicted octanol–water partition coefficient (Wildman–Crippen LogP) is -0.448. The Morgan fingerprint density at radius 2 is 1.30 bits per heavy atom. The molecule has 0 aromatic rings. The van der Waals surface area contributed by atoms with Crippen molar-refractivity contribution in [3.05, 3.63) is 0 Å². The van der Waals surface area contributed by atoms with E-state index in [4.69, 9.17) is 17.4 Å². The number of nitrogens with two attached hydrogens (primary N) is 3. The first-order chi connectivity index (χ1) is 4.19. The van der Waals surface area contributed by atoms with Gasteiger partial charge in [-0.15, -0.1) is 0 Å². The molecule has 0 aliphatic carbocycles. The van der Waals surface area contributed by atoms with Crippen LogP contribution in [0, 0.1) is 0 Å². The van der Waals surface area contributed by atoms with Crippen molar-refractivity contribution in [2.24, 2.45) is 17.4 Å². The van der Waals surface area contributed by atoms with Gasteiger partial charge in [-0.1, -0.05) is 0 Å². The quantitative estimate of drug-likeness (QED) is 0.364. The summed E-state index contributed by atoms with van der Waals surface area (Å²) in [5.74, 6) is 10.8. The fourth-order valence-electron chi connectivity index (χ4n) is 0.333. The molecule has 0 radical (unpaired) electrons. The highest BCUT2D eigenvalue weighted by atomic mass is 15.6. The normalized spacial score (nSPS) is 14.4. The molecule has 0 aliphatic heterocycles. The predicted molar refractivity (Wildman–Crippen MR) is 42.6 cm³/mol. The van der Waals surface area contributed by atoms with Crippen LogP contribution in [-0.2, 0) is 0 Å². The Balaban J connectivity index is 4.40. The van der Waals surface area contributed by atoms with Gasteiger partial charge in [-0.25, -0.2) is 0 Å². The Labute approximate surface area is 62.3 Å². The summed E-state index contributed by atoms with van der Waals surface area (Å²) in [6.07, 6.45) is 0. The van der Waals surface area contributed by atoms with Crippen molar-refractivity contribution < 1.29 is 0 Å². The third-order valence-corrected chi connectivity index (χ3v) is 2.22. The van der Waals surface area contributed by atoms with Crippen LogP contribution in [0.4, 0.5) is 0 Å². The van der Waals surface area contributed by atoms with Crippen molar-refractivity contribution >= 4 is 0 Å². The molecule has 0 aliphatic rings. The maximum atomic E-state index is 5.81. The first kappa shape index (κ1) is 9.84. The summed E-state index contributed by atoms with van der Waals surface area (Å²) in [4.78, 5) is 0. The van der Waals surface area contributed by atoms with Crippen LogP contribution in [0.2, 0.25) is 0 Å². The van der Waals surface area contributed by atoms with Gasteiger partial charge < -0.3 is 5.73 Å². The highest BCUT2D eigenvalue weighted by Crippen LogP contribution is 2.20. The monoisotopic (exact) mass is 146 g/mol. The van der Waals surface area contributed by atoms with E-state index in [1.54, 1.807) is 0 Å². The Bertz CT molecular complexity index is 111. The average Bonchev–Trinajstić information content (AvgIpc) is 1.62. The van der Waals surface area contributed by atoms with E-state index in [1.165, 1.54) is 0 Å². The molecule has 0 aromatic carbocycles. The van der Waals surface area contributed by atoms with Gasteiger partial charge in [0.2, 0.25) is 0 Å². The average molecular weight is 146 g/mol. The van der Waals surface area contributed by atoms with Crippen LogP contribution in [-0.4, -0.2) is 16.2 Å². The molecule has 62 valence electrons. The molecule has 0 fully saturated rings. The number of nitrogens with zero attached hydrogens (tertiary/aromatic N) is 1. The number of hydrazine groups is 2. The maximum absolute atomic E-state index is 5.81. The third-order valence-electron chi connectivity index (χ3n) is 2.22. The number of hydrogen-bond acceptors (Lipinski definition) is 4. The van der Waals surface area contributed by atoms with E-state index in [0.29, 0.717) is 0 Å². The van der Waals surface area contributed by atoms with Gasteiger partial charge >= 0.3 is 0 Å². The molecule has 0 rings (SSSR count). The van der Waals surface area contributed by atoms with Gasteiger partial charge in [0, 0.05) is 5.54 Å². The van der Waals surface area contributed by atoms with Crippen molar-refractivity contribution in [2.45, 2.75) is 38.8 Å². The maximum Gasteiger partial charge on any atom is 0.0622 e. The minimum atomic E-state index is -0.406. The fourth-order valence-corrected chi connectivity index (χ4v) is 0.333. The van der Waals surface area contributed by atoms with E-state index in [2.05, 4.69) is 0 Å². The molecular weight excluding hydrogens is 128 g/mol. The van der Waals surface area contributed by atoms with Crippen LogP contribution in [0.15, 0.2) is 0 Å². The lowest BCUT2D eigenvalue weighted by Crippen LogP contribution is -2.67. The van der Waals surface area contributed by atoms with E-state index in [-0.39, 0.29) is 0 Å². The van der Waals surface area contributed by atoms with E-state index in [0.717, 1.165) is 5.12 Å². The zero-order chi connectivity index (χ0) is 8.58. The van der Waals surface area contributed by atoms with E-state index < -0.39 is 11.1 Å². The fraction of sp³-hybridized carbons (Fsp3) is 1.00. The second kappa shape index (κ2) is 2.47. The third kappa shape index (κ3) is 1.67. The summed E-state index contributed by atoms with van der Waals surface area (Å²) in [5.41, 5.74) is 5.01. The zero-order valence-electron chi connectivity index (χ0n) is 7.18. The van der Waals surface area contributed by atoms with Crippen molar-refractivity contribution in [2.75, 3.05) is 0 Å². The summed E-state index contributed by atoms with van der Waals surface area (Å²) in [6, 6.07) is 0. The molecule has 4 heteroatoms. The van der Waals surface area contributed by atoms with Crippen LogP contribution < -0.4 is 17.4 Å². The van der Waals surface area contributed by atoms with Gasteiger partial charge in [-0.05, 0) is 27.7 Å². The minimum absolute atomic E-state index is 0.396. The zero-order valence-corrected chi connectivity index (χ0v) is 7.18. The first-order valence-electron chi connectivity index (χ1n) is 3.28. The Kier molecular flexibility index (Phi) is 2.43. The first-order valence-corrected chi connectivity index (χ1v) is 3.28. The van der Waals surface area contributed by atoms with Gasteiger partial charge in [-0.2, -0.15) is 5.12 Å². The van der Waals surface area contributed by atoms with Crippen LogP contribution >= 0.6 is 0 Å². The van der Waals surface area contributed by atoms with Crippen molar-refractivity contribution in [3.63, 3.8) is 0 Å². The topological polar surface area (TPSA) is 81.3 Å². The van der Waals surface area contributed by atoms with Crippen LogP contribution in [0.25, 0.3) is 0 Å². The van der Waals surface area contributed by atoms with E-state index in [9.17, 15) is 0 Å². The molecule has 0 aromatic heterocycles. The molecule has 6 N–H and O–H groups in total. The Morgan fingerprint density at radius 3 is 1.30 bits per heavy atom. The Morgan fingerprint density at radius 1 is 1.00 bits per heavy atom. The summed E-state index contributed by atoms with van der Waals surface area (Å²) >= 11 is 0. The molecule has 0 heterocycles. The lowest BCUT2D eigenvalue weighted by Gasteiger charge is -2.42. The highest BCUT2D eigenvalue weighted by Gasteiger charge is 2.36. The molecular formula is C6H18N4. The lowest BCUT2D eigenvalue weighted by molar-refractivity contribution is 0.0584. The molecule has 0 saturated heterocycles.